The van der Waals surface area contributed by atoms with E-state index in [4.69, 9.17) is 4.74 Å². The van der Waals surface area contributed by atoms with Gasteiger partial charge in [0, 0.05) is 43.3 Å². The molecule has 30 heavy (non-hydrogen) atoms. The van der Waals surface area contributed by atoms with Crippen molar-refractivity contribution in [1.29, 1.82) is 0 Å². The molecule has 2 aromatic heterocycles. The topological polar surface area (TPSA) is 63.6 Å². The molecule has 0 unspecified atom stereocenters. The average Bonchev–Trinajstić information content (AvgIpc) is 3.23. The van der Waals surface area contributed by atoms with Crippen molar-refractivity contribution in [2.45, 2.75) is 19.9 Å². The summed E-state index contributed by atoms with van der Waals surface area (Å²) in [5, 5.41) is 5.23. The van der Waals surface area contributed by atoms with Gasteiger partial charge in [-0.15, -0.1) is 11.3 Å². The van der Waals surface area contributed by atoms with E-state index in [1.807, 2.05) is 42.6 Å². The van der Waals surface area contributed by atoms with Crippen molar-refractivity contribution < 1.29 is 9.53 Å². The number of benzene rings is 1. The highest BCUT2D eigenvalue weighted by Crippen LogP contribution is 2.20. The van der Waals surface area contributed by atoms with E-state index in [2.05, 4.69) is 11.4 Å². The second-order valence-electron chi connectivity index (χ2n) is 7.24. The SMILES string of the molecule is Cc1c(Cn2ccc(OCCc3cccs3)cc2=O)cccc1NCC(=O)N(C)C. The van der Waals surface area contributed by atoms with E-state index in [0.29, 0.717) is 18.9 Å². The molecule has 0 spiro atoms. The van der Waals surface area contributed by atoms with Crippen LogP contribution < -0.4 is 15.6 Å². The predicted octanol–water partition coefficient (Wildman–Crippen LogP) is 3.39. The lowest BCUT2D eigenvalue weighted by Gasteiger charge is -2.16. The van der Waals surface area contributed by atoms with Gasteiger partial charge in [0.15, 0.2) is 0 Å². The van der Waals surface area contributed by atoms with E-state index in [1.54, 1.807) is 41.1 Å². The summed E-state index contributed by atoms with van der Waals surface area (Å²) in [7, 11) is 3.46. The fourth-order valence-corrected chi connectivity index (χ4v) is 3.68. The van der Waals surface area contributed by atoms with Crippen LogP contribution >= 0.6 is 11.3 Å². The molecule has 6 nitrogen and oxygen atoms in total. The number of rotatable bonds is 9. The molecule has 0 aliphatic heterocycles. The Morgan fingerprint density at radius 3 is 2.73 bits per heavy atom. The summed E-state index contributed by atoms with van der Waals surface area (Å²) in [6.45, 7) is 3.22. The summed E-state index contributed by atoms with van der Waals surface area (Å²) in [6, 6.07) is 13.3. The van der Waals surface area contributed by atoms with E-state index in [0.717, 1.165) is 23.2 Å². The summed E-state index contributed by atoms with van der Waals surface area (Å²) in [6.07, 6.45) is 2.59. The van der Waals surface area contributed by atoms with Crippen LogP contribution in [0.15, 0.2) is 58.8 Å². The minimum atomic E-state index is -0.107. The van der Waals surface area contributed by atoms with Crippen LogP contribution in [0.3, 0.4) is 0 Å². The molecule has 0 radical (unpaired) electrons. The molecule has 158 valence electrons. The van der Waals surface area contributed by atoms with Crippen molar-refractivity contribution in [2.24, 2.45) is 0 Å². The summed E-state index contributed by atoms with van der Waals surface area (Å²) in [4.78, 5) is 27.2. The predicted molar refractivity (Wildman–Crippen MR) is 122 cm³/mol. The Labute approximate surface area is 180 Å². The number of hydrogen-bond acceptors (Lipinski definition) is 5. The molecule has 3 aromatic rings. The summed E-state index contributed by atoms with van der Waals surface area (Å²) in [5.74, 6) is 0.591. The molecular formula is C23H27N3O3S. The lowest BCUT2D eigenvalue weighted by atomic mass is 10.1. The number of hydrogen-bond donors (Lipinski definition) is 1. The van der Waals surface area contributed by atoms with Gasteiger partial charge in [-0.2, -0.15) is 0 Å². The van der Waals surface area contributed by atoms with E-state index in [-0.39, 0.29) is 18.0 Å². The van der Waals surface area contributed by atoms with Crippen molar-refractivity contribution in [3.05, 3.63) is 80.4 Å². The highest BCUT2D eigenvalue weighted by Gasteiger charge is 2.09. The summed E-state index contributed by atoms with van der Waals surface area (Å²) < 4.78 is 7.39. The van der Waals surface area contributed by atoms with Gasteiger partial charge in [-0.25, -0.2) is 0 Å². The first-order valence-corrected chi connectivity index (χ1v) is 10.7. The molecule has 0 atom stereocenters. The van der Waals surface area contributed by atoms with E-state index in [9.17, 15) is 9.59 Å². The maximum absolute atomic E-state index is 12.5. The lowest BCUT2D eigenvalue weighted by molar-refractivity contribution is -0.126. The largest absolute Gasteiger partial charge is 0.493 e. The third-order valence-corrected chi connectivity index (χ3v) is 5.82. The highest BCUT2D eigenvalue weighted by atomic mass is 32.1. The lowest BCUT2D eigenvalue weighted by Crippen LogP contribution is -2.28. The second kappa shape index (κ2) is 10.1. The number of likely N-dealkylation sites (N-methyl/N-ethyl adjacent to an activating group) is 1. The minimum absolute atomic E-state index is 0.00527. The smallest absolute Gasteiger partial charge is 0.254 e. The molecule has 1 N–H and O–H groups in total. The van der Waals surface area contributed by atoms with Crippen LogP contribution in [0.25, 0.3) is 0 Å². The second-order valence-corrected chi connectivity index (χ2v) is 8.27. The van der Waals surface area contributed by atoms with Crippen LogP contribution in [-0.2, 0) is 17.8 Å². The van der Waals surface area contributed by atoms with Gasteiger partial charge in [0.25, 0.3) is 5.56 Å². The zero-order chi connectivity index (χ0) is 21.5. The average molecular weight is 426 g/mol. The van der Waals surface area contributed by atoms with E-state index >= 15 is 0 Å². The Morgan fingerprint density at radius 2 is 2.03 bits per heavy atom. The highest BCUT2D eigenvalue weighted by molar-refractivity contribution is 7.09. The maximum Gasteiger partial charge on any atom is 0.254 e. The van der Waals surface area contributed by atoms with E-state index in [1.165, 1.54) is 10.9 Å². The summed E-state index contributed by atoms with van der Waals surface area (Å²) in [5.41, 5.74) is 2.83. The van der Waals surface area contributed by atoms with Crippen LogP contribution in [0.2, 0.25) is 0 Å². The first-order chi connectivity index (χ1) is 14.4. The fraction of sp³-hybridized carbons (Fsp3) is 0.304. The molecule has 1 amide bonds. The molecule has 0 aliphatic rings. The number of nitrogens with zero attached hydrogens (tertiary/aromatic N) is 2. The quantitative estimate of drug-likeness (QED) is 0.571. The minimum Gasteiger partial charge on any atom is -0.493 e. The molecule has 2 heterocycles. The fourth-order valence-electron chi connectivity index (χ4n) is 2.99. The third-order valence-electron chi connectivity index (χ3n) is 4.88. The number of carbonyl (C=O) groups is 1. The standard InChI is InChI=1S/C23H27N3O3S/c1-17-18(6-4-8-21(17)24-15-23(28)25(2)3)16-26-11-9-19(14-22(26)27)29-12-10-20-7-5-13-30-20/h4-9,11,13-14,24H,10,12,15-16H2,1-3H3. The number of ether oxygens (including phenoxy) is 1. The number of carbonyl (C=O) groups excluding carboxylic acids is 1. The Morgan fingerprint density at radius 1 is 1.20 bits per heavy atom. The number of nitrogens with one attached hydrogen (secondary N) is 1. The zero-order valence-electron chi connectivity index (χ0n) is 17.6. The third kappa shape index (κ3) is 5.73. The van der Waals surface area contributed by atoms with Gasteiger partial charge in [0.05, 0.1) is 19.7 Å². The normalized spacial score (nSPS) is 10.6. The van der Waals surface area contributed by atoms with Crippen molar-refractivity contribution in [1.82, 2.24) is 9.47 Å². The van der Waals surface area contributed by atoms with Crippen LogP contribution in [0.1, 0.15) is 16.0 Å². The molecule has 0 bridgehead atoms. The monoisotopic (exact) mass is 425 g/mol. The van der Waals surface area contributed by atoms with Crippen molar-refractivity contribution in [2.75, 3.05) is 32.6 Å². The van der Waals surface area contributed by atoms with Crippen molar-refractivity contribution in [3.63, 3.8) is 0 Å². The van der Waals surface area contributed by atoms with Gasteiger partial charge in [-0.1, -0.05) is 18.2 Å². The van der Waals surface area contributed by atoms with Crippen LogP contribution in [0.4, 0.5) is 5.69 Å². The Bertz CT molecular complexity index is 1040. The zero-order valence-corrected chi connectivity index (χ0v) is 18.4. The van der Waals surface area contributed by atoms with Gasteiger partial charge >= 0.3 is 0 Å². The molecule has 0 aliphatic carbocycles. The van der Waals surface area contributed by atoms with Crippen molar-refractivity contribution >= 4 is 22.9 Å². The molecule has 0 fully saturated rings. The number of anilines is 1. The molecule has 3 rings (SSSR count). The Balaban J connectivity index is 1.63. The van der Waals surface area contributed by atoms with Gasteiger partial charge < -0.3 is 19.5 Å². The number of aromatic nitrogens is 1. The molecule has 0 saturated carbocycles. The molecule has 0 saturated heterocycles. The molecule has 1 aromatic carbocycles. The maximum atomic E-state index is 12.5. The van der Waals surface area contributed by atoms with Crippen molar-refractivity contribution in [3.8, 4) is 5.75 Å². The first kappa shape index (κ1) is 21.6. The number of amides is 1. The number of thiophene rings is 1. The Kier molecular flexibility index (Phi) is 7.30. The molecule has 7 heteroatoms. The number of pyridine rings is 1. The Hall–Kier alpha value is -3.06. The van der Waals surface area contributed by atoms with Crippen LogP contribution in [0.5, 0.6) is 5.75 Å². The van der Waals surface area contributed by atoms with Gasteiger partial charge in [0.2, 0.25) is 5.91 Å². The van der Waals surface area contributed by atoms with Crippen LogP contribution in [-0.4, -0.2) is 42.6 Å². The van der Waals surface area contributed by atoms with E-state index < -0.39 is 0 Å². The van der Waals surface area contributed by atoms with Gasteiger partial charge in [-0.3, -0.25) is 9.59 Å². The first-order valence-electron chi connectivity index (χ1n) is 9.82. The van der Waals surface area contributed by atoms with Crippen LogP contribution in [0, 0.1) is 6.92 Å². The summed E-state index contributed by atoms with van der Waals surface area (Å²) >= 11 is 1.70. The molecular weight excluding hydrogens is 398 g/mol. The van der Waals surface area contributed by atoms with Gasteiger partial charge in [-0.05, 0) is 41.6 Å². The van der Waals surface area contributed by atoms with Gasteiger partial charge in [0.1, 0.15) is 5.75 Å².